The van der Waals surface area contributed by atoms with E-state index in [0.29, 0.717) is 138 Å². The van der Waals surface area contributed by atoms with E-state index in [1.807, 2.05) is 0 Å². The molecule has 0 unspecified atom stereocenters. The number of methoxy groups -OCH3 is 4. The highest BCUT2D eigenvalue weighted by atomic mass is 35.5. The second-order valence-electron chi connectivity index (χ2n) is 28.2. The third-order valence-corrected chi connectivity index (χ3v) is 18.7. The third kappa shape index (κ3) is 30.0. The summed E-state index contributed by atoms with van der Waals surface area (Å²) in [6.45, 7) is 20.5. The van der Waals surface area contributed by atoms with Crippen LogP contribution in [0.3, 0.4) is 0 Å². The van der Waals surface area contributed by atoms with Crippen molar-refractivity contribution in [2.24, 2.45) is 5.73 Å². The number of amides is 3. The van der Waals surface area contributed by atoms with Crippen LogP contribution in [0.5, 0.6) is 0 Å². The molecule has 0 saturated carbocycles. The molecule has 8 aromatic rings. The van der Waals surface area contributed by atoms with Gasteiger partial charge in [-0.2, -0.15) is 12.7 Å². The lowest BCUT2D eigenvalue weighted by Gasteiger charge is -2.23. The van der Waals surface area contributed by atoms with Gasteiger partial charge >= 0.3 is 52.5 Å². The number of ether oxygens (including phenoxy) is 9. The Kier molecular flexibility index (Phi) is 36.9. The molecule has 44 heteroatoms. The Labute approximate surface area is 712 Å². The Hall–Kier alpha value is -9.74. The predicted molar refractivity (Wildman–Crippen MR) is 441 cm³/mol. The molecule has 37 nitrogen and oxygen atoms in total. The molecule has 0 atom stereocenters. The van der Waals surface area contributed by atoms with Crippen molar-refractivity contribution in [3.8, 4) is 45.0 Å². The van der Waals surface area contributed by atoms with Gasteiger partial charge in [0.05, 0.1) is 109 Å². The van der Waals surface area contributed by atoms with Crippen LogP contribution in [0.15, 0.2) is 73.8 Å². The zero-order chi connectivity index (χ0) is 86.1. The van der Waals surface area contributed by atoms with Crippen molar-refractivity contribution < 1.29 is 88.8 Å². The monoisotopic (exact) mass is 1780 g/mol. The highest BCUT2D eigenvalue weighted by molar-refractivity contribution is 7.85. The molecule has 7 N–H and O–H groups in total. The van der Waals surface area contributed by atoms with Crippen LogP contribution < -0.4 is 27.0 Å². The van der Waals surface area contributed by atoms with Gasteiger partial charge in [0.25, 0.3) is 0 Å². The lowest BCUT2D eigenvalue weighted by molar-refractivity contribution is 0.0401. The topological polar surface area (TPSA) is 457 Å². The summed E-state index contributed by atoms with van der Waals surface area (Å²) in [6.07, 6.45) is 14.3. The molecule has 8 aromatic heterocycles. The number of esters is 4. The molecule has 3 fully saturated rings. The van der Waals surface area contributed by atoms with Gasteiger partial charge in [-0.3, -0.25) is 4.18 Å². The van der Waals surface area contributed by atoms with Crippen molar-refractivity contribution in [2.45, 2.75) is 144 Å². The van der Waals surface area contributed by atoms with Gasteiger partial charge in [-0.25, -0.2) is 73.4 Å². The lowest BCUT2D eigenvalue weighted by atomic mass is 10.1. The fourth-order valence-corrected chi connectivity index (χ4v) is 12.7. The summed E-state index contributed by atoms with van der Waals surface area (Å²) in [6, 6.07) is 7.02. The minimum Gasteiger partial charge on any atom is -0.464 e. The van der Waals surface area contributed by atoms with Gasteiger partial charge in [0.2, 0.25) is 22.5 Å². The third-order valence-electron chi connectivity index (χ3n) is 15.9. The van der Waals surface area contributed by atoms with E-state index in [1.54, 1.807) is 131 Å². The Morgan fingerprint density at radius 2 is 0.856 bits per heavy atom. The molecule has 0 aromatic carbocycles. The van der Waals surface area contributed by atoms with E-state index >= 15 is 0 Å². The number of hydrogen-bond donors (Lipinski definition) is 6. The van der Waals surface area contributed by atoms with Gasteiger partial charge in [0.1, 0.15) is 39.6 Å². The molecule has 0 bridgehead atoms. The van der Waals surface area contributed by atoms with E-state index in [9.17, 15) is 42.0 Å². The number of hydrogen-bond acceptors (Lipinski definition) is 30. The van der Waals surface area contributed by atoms with E-state index in [0.717, 1.165) is 38.9 Å². The lowest BCUT2D eigenvalue weighted by Crippen LogP contribution is -2.37. The number of aromatic nitrogens is 12. The maximum Gasteiger partial charge on any atom is 0.425 e. The SMILES string of the molecule is C.CC(C)(C)OC(=O)N1CCOS1(=O)=O.COC(=O)c1cc(-c2nc(Cl)ncc2Cl)c[nH]1.COC(=O)c1cc(-c2nc(Cl)ncc2Cl)cn1CCNC(=O)OC(C)(C)C.COC(=O)c1cc(-c2nc(NC3CCOCC3)ncc2Cl)cn1CCN.COC(=O)c1cc(-c2nc(NC3CCOCC3)ncc2Cl)cn1CCNC(=O)OC(C)(C)C. The summed E-state index contributed by atoms with van der Waals surface area (Å²) in [4.78, 5) is 119. The number of anilines is 2. The number of alkyl carbamates (subject to hydrolysis) is 2. The maximum atomic E-state index is 12.3. The summed E-state index contributed by atoms with van der Waals surface area (Å²) >= 11 is 36.3. The Morgan fingerprint density at radius 3 is 1.20 bits per heavy atom. The van der Waals surface area contributed by atoms with Gasteiger partial charge in [0, 0.05) is 125 Å². The molecule has 644 valence electrons. The van der Waals surface area contributed by atoms with Gasteiger partial charge in [-0.1, -0.05) is 53.8 Å². The van der Waals surface area contributed by atoms with Crippen LogP contribution >= 0.6 is 69.6 Å². The van der Waals surface area contributed by atoms with Gasteiger partial charge in [-0.15, -0.1) is 0 Å². The first-order chi connectivity index (χ1) is 55.2. The van der Waals surface area contributed by atoms with Crippen molar-refractivity contribution in [1.29, 1.82) is 0 Å². The first-order valence-electron chi connectivity index (χ1n) is 36.0. The molecule has 0 aliphatic carbocycles. The number of carbonyl (C=O) groups excluding carboxylic acids is 7. The molecule has 3 saturated heterocycles. The smallest absolute Gasteiger partial charge is 0.425 e. The maximum absolute atomic E-state index is 12.3. The second-order valence-corrected chi connectivity index (χ2v) is 32.0. The normalized spacial score (nSPS) is 13.9. The van der Waals surface area contributed by atoms with Crippen molar-refractivity contribution >= 4 is 134 Å². The summed E-state index contributed by atoms with van der Waals surface area (Å²) < 4.78 is 77.4. The van der Waals surface area contributed by atoms with E-state index in [1.165, 1.54) is 47.0 Å². The van der Waals surface area contributed by atoms with Crippen LogP contribution in [0.25, 0.3) is 45.0 Å². The first kappa shape index (κ1) is 97.1. The molecular weight excluding hydrogens is 1690 g/mol. The number of H-pyrrole nitrogens is 1. The van der Waals surface area contributed by atoms with Gasteiger partial charge < -0.3 is 88.3 Å². The number of nitrogens with one attached hydrogen (secondary N) is 5. The van der Waals surface area contributed by atoms with Crippen LogP contribution in [0.1, 0.15) is 137 Å². The fourth-order valence-electron chi connectivity index (χ4n) is 10.7. The van der Waals surface area contributed by atoms with Crippen LogP contribution in [0, 0.1) is 0 Å². The van der Waals surface area contributed by atoms with Crippen LogP contribution in [-0.2, 0) is 76.8 Å². The minimum absolute atomic E-state index is 0. The van der Waals surface area contributed by atoms with Gasteiger partial charge in [0.15, 0.2) is 0 Å². The number of carbonyl (C=O) groups is 7. The summed E-state index contributed by atoms with van der Waals surface area (Å²) in [5, 5.41) is 13.5. The zero-order valence-electron chi connectivity index (χ0n) is 66.3. The van der Waals surface area contributed by atoms with Crippen molar-refractivity contribution in [3.05, 3.63) is 127 Å². The highest BCUT2D eigenvalue weighted by Crippen LogP contribution is 2.33. The van der Waals surface area contributed by atoms with Crippen molar-refractivity contribution in [1.82, 2.24) is 73.5 Å². The Morgan fingerprint density at radius 1 is 0.500 bits per heavy atom. The molecule has 118 heavy (non-hydrogen) atoms. The van der Waals surface area contributed by atoms with Crippen molar-refractivity contribution in [3.63, 3.8) is 0 Å². The molecule has 11 rings (SSSR count). The number of nitrogens with zero attached hydrogens (tertiary/aromatic N) is 12. The molecule has 3 aliphatic rings. The number of rotatable bonds is 20. The van der Waals surface area contributed by atoms with Crippen LogP contribution in [0.2, 0.25) is 30.7 Å². The molecule has 0 spiro atoms. The average Bonchev–Trinajstić information content (AvgIpc) is 1.66. The largest absolute Gasteiger partial charge is 0.464 e. The first-order valence-corrected chi connectivity index (χ1v) is 39.6. The fraction of sp³-hybridized carbons (Fsp3) is 0.473. The van der Waals surface area contributed by atoms with Gasteiger partial charge in [-0.05, 0) is 135 Å². The molecular formula is C74H96Cl6N18O19S. The summed E-state index contributed by atoms with van der Waals surface area (Å²) in [5.41, 5.74) is 9.49. The second kappa shape index (κ2) is 44.9. The summed E-state index contributed by atoms with van der Waals surface area (Å²) in [7, 11) is 1.34. The summed E-state index contributed by atoms with van der Waals surface area (Å²) in [5.74, 6) is -0.982. The van der Waals surface area contributed by atoms with Crippen LogP contribution in [-0.4, -0.2) is 230 Å². The molecule has 3 amide bonds. The molecule has 0 radical (unpaired) electrons. The van der Waals surface area contributed by atoms with E-state index in [-0.39, 0.29) is 62.0 Å². The highest BCUT2D eigenvalue weighted by Gasteiger charge is 2.37. The minimum atomic E-state index is -3.90. The molecule has 3 aliphatic heterocycles. The van der Waals surface area contributed by atoms with E-state index in [4.69, 9.17) is 113 Å². The quantitative estimate of drug-likeness (QED) is 0.0234. The molecule has 11 heterocycles. The van der Waals surface area contributed by atoms with E-state index in [2.05, 4.69) is 75.0 Å². The average molecular weight is 1790 g/mol. The number of halogens is 6. The standard InChI is InChI=1S/C22H30ClN5O5.C17H20Cl2N4O4.C17H22ClN5O3.C10H7Cl2N3O2.C7H13NO5S.CH4/c1-22(2,3)33-21(30)24-7-8-28-13-14(11-17(28)19(29)31-4)18-16(23)12-25-20(27-18)26-15-5-9-32-10-6-15;1-17(2,3)27-16(25)20-5-6-23-9-10(7-12(23)14(24)26-4)13-11(18)8-21-15(19)22-13;1-25-16(24)14-8-11(10-23(14)5-4-19)15-13(18)9-20-17(22-15)21-12-2-6-26-7-3-12;1-17-9(16)7-2-5(3-13-7)8-6(11)4-14-10(12)15-8;1-7(2,3)13-6(9)8-4-5-12-14(8,10)11;/h11-13,15H,5-10H2,1-4H3,(H,24,30)(H,25,26,27);7-9H,5-6H2,1-4H3,(H,20,25);8-10,12H,2-7,19H2,1H3,(H,20,21,22);2-4,13H,1H3;4-5H2,1-3H3;1H4. The number of aromatic amines is 1. The zero-order valence-corrected chi connectivity index (χ0v) is 71.6. The van der Waals surface area contributed by atoms with Crippen molar-refractivity contribution in [2.75, 3.05) is 98.3 Å². The van der Waals surface area contributed by atoms with E-state index < -0.39 is 69.3 Å². The van der Waals surface area contributed by atoms with Crippen LogP contribution in [0.4, 0.5) is 26.3 Å². The predicted octanol–water partition coefficient (Wildman–Crippen LogP) is 12.7. The number of nitrogens with two attached hydrogens (primary N) is 1. The Balaban J connectivity index is 0.000000235. The Bertz CT molecular complexity index is 4860.